The third-order valence-electron chi connectivity index (χ3n) is 14.4. The van der Waals surface area contributed by atoms with E-state index in [4.69, 9.17) is 0 Å². The molecule has 304 valence electrons. The first-order valence-electron chi connectivity index (χ1n) is 22.5. The first-order chi connectivity index (χ1) is 32.1. The van der Waals surface area contributed by atoms with Gasteiger partial charge in [-0.3, -0.25) is 0 Å². The van der Waals surface area contributed by atoms with Crippen LogP contribution in [0, 0.1) is 0 Å². The number of quaternary nitrogens is 2. The van der Waals surface area contributed by atoms with Gasteiger partial charge in [-0.15, -0.1) is 0 Å². The van der Waals surface area contributed by atoms with Crippen molar-refractivity contribution in [1.82, 2.24) is 13.6 Å². The van der Waals surface area contributed by atoms with Crippen LogP contribution in [0.2, 0.25) is 0 Å². The average molecular weight is 831 g/mol. The Morgan fingerprint density at radius 2 is 0.708 bits per heavy atom. The van der Waals surface area contributed by atoms with Crippen molar-refractivity contribution >= 4 is 77.7 Å². The molecule has 1 N–H and O–H groups in total. The molecule has 0 atom stereocenters. The fraction of sp³-hybridized carbons (Fsp3) is 0.0164. The van der Waals surface area contributed by atoms with Crippen molar-refractivity contribution in [3.8, 4) is 44.8 Å². The smallest absolute Gasteiger partial charge is 0.150 e. The van der Waals surface area contributed by atoms with Gasteiger partial charge in [0.05, 0.1) is 35.2 Å². The van der Waals surface area contributed by atoms with E-state index in [0.29, 0.717) is 4.48 Å². The van der Waals surface area contributed by atoms with Crippen LogP contribution in [0.3, 0.4) is 0 Å². The monoisotopic (exact) mass is 830 g/mol. The highest BCUT2D eigenvalue weighted by Gasteiger charge is 2.44. The topological polar surface area (TPSA) is 14.3 Å². The average Bonchev–Trinajstić information content (AvgIpc) is 4.08. The number of hydrogen-bond donors (Lipinski definition) is 1. The normalized spacial score (nSPS) is 13.7. The molecule has 0 saturated carbocycles. The van der Waals surface area contributed by atoms with Crippen LogP contribution in [0.15, 0.2) is 231 Å². The molecular weight excluding hydrogens is 789 g/mol. The van der Waals surface area contributed by atoms with E-state index < -0.39 is 0 Å². The molecule has 14 rings (SSSR count). The summed E-state index contributed by atoms with van der Waals surface area (Å²) in [4.78, 5) is 1.27. The van der Waals surface area contributed by atoms with Gasteiger partial charge in [0.15, 0.2) is 11.4 Å². The van der Waals surface area contributed by atoms with Crippen LogP contribution in [-0.4, -0.2) is 16.2 Å². The van der Waals surface area contributed by atoms with Crippen molar-refractivity contribution in [3.05, 3.63) is 231 Å². The zero-order valence-corrected chi connectivity index (χ0v) is 35.8. The number of benzene rings is 10. The van der Waals surface area contributed by atoms with E-state index in [9.17, 15) is 0 Å². The predicted molar refractivity (Wildman–Crippen MR) is 271 cm³/mol. The summed E-state index contributed by atoms with van der Waals surface area (Å²) >= 11 is 0. The maximum absolute atomic E-state index is 2.47. The summed E-state index contributed by atoms with van der Waals surface area (Å²) in [6.45, 7) is 0. The molecular formula is C61H42N4+2. The number of para-hydroxylation sites is 8. The number of aromatic nitrogens is 2. The standard InChI is InChI=1S/C61H41N4/c1-65(60-32-16-8-24-52(60)53-25-9-17-33-61(53)65)45-37-41(36-44(39-45)64-58-30-14-6-22-50(58)51-23-7-15-31-59(51)64)40-34-42(62-54-26-10-2-18-46(54)47-19-3-11-27-55(47)62)38-43(35-40)63-56-28-12-4-20-48(56)49-21-5-13-29-57(49)63/h2-39H,1H3/q+1/p+1. The first kappa shape index (κ1) is 36.2. The van der Waals surface area contributed by atoms with Gasteiger partial charge in [0.1, 0.15) is 22.7 Å². The summed E-state index contributed by atoms with van der Waals surface area (Å²) in [6, 6.07) is 85.8. The number of fused-ring (bicyclic) bond motifs is 12. The largest absolute Gasteiger partial charge is 0.309 e. The molecule has 10 aromatic carbocycles. The Bertz CT molecular complexity index is 3610. The van der Waals surface area contributed by atoms with Gasteiger partial charge in [0, 0.05) is 91.6 Å². The Hall–Kier alpha value is -8.28. The lowest BCUT2D eigenvalue weighted by molar-refractivity contribution is -0.677. The second-order valence-corrected chi connectivity index (χ2v) is 17.8. The molecule has 0 amide bonds. The van der Waals surface area contributed by atoms with Crippen LogP contribution in [0.1, 0.15) is 0 Å². The van der Waals surface area contributed by atoms with Gasteiger partial charge in [0.2, 0.25) is 0 Å². The zero-order chi connectivity index (χ0) is 42.8. The molecule has 4 heterocycles. The Balaban J connectivity index is 1.10. The van der Waals surface area contributed by atoms with Crippen LogP contribution < -0.4 is 9.38 Å². The lowest BCUT2D eigenvalue weighted by atomic mass is 10.00. The molecule has 0 fully saturated rings. The summed E-state index contributed by atoms with van der Waals surface area (Å²) < 4.78 is 5.49. The Labute approximate surface area is 376 Å². The van der Waals surface area contributed by atoms with E-state index in [-0.39, 0.29) is 0 Å². The molecule has 4 nitrogen and oxygen atoms in total. The molecule has 65 heavy (non-hydrogen) atoms. The van der Waals surface area contributed by atoms with Crippen LogP contribution in [0.25, 0.3) is 88.4 Å². The van der Waals surface area contributed by atoms with Gasteiger partial charge in [-0.2, -0.15) is 0 Å². The van der Waals surface area contributed by atoms with Gasteiger partial charge in [-0.1, -0.05) is 121 Å². The van der Waals surface area contributed by atoms with Crippen LogP contribution in [0.5, 0.6) is 0 Å². The van der Waals surface area contributed by atoms with Gasteiger partial charge in [0.25, 0.3) is 0 Å². The molecule has 0 radical (unpaired) electrons. The van der Waals surface area contributed by atoms with Gasteiger partial charge in [-0.25, -0.2) is 9.38 Å². The minimum Gasteiger partial charge on any atom is -0.309 e. The fourth-order valence-corrected chi connectivity index (χ4v) is 11.5. The molecule has 4 heteroatoms. The van der Waals surface area contributed by atoms with Crippen molar-refractivity contribution in [1.29, 1.82) is 0 Å². The molecule has 0 saturated heterocycles. The van der Waals surface area contributed by atoms with Crippen molar-refractivity contribution in [2.45, 2.75) is 0 Å². The van der Waals surface area contributed by atoms with Crippen LogP contribution in [0.4, 0.5) is 34.1 Å². The molecule has 0 unspecified atom stereocenters. The van der Waals surface area contributed by atoms with Gasteiger partial charge in [-0.05, 0) is 77.9 Å². The number of hydrogen-bond acceptors (Lipinski definition) is 0. The molecule has 12 aromatic rings. The summed E-state index contributed by atoms with van der Waals surface area (Å²) in [7, 11) is 2.38. The Kier molecular flexibility index (Phi) is 7.59. The second-order valence-electron chi connectivity index (χ2n) is 17.8. The first-order valence-corrected chi connectivity index (χ1v) is 22.5. The minimum atomic E-state index is 0.552. The Morgan fingerprint density at radius 1 is 0.338 bits per heavy atom. The molecule has 0 bridgehead atoms. The lowest BCUT2D eigenvalue weighted by Crippen LogP contribution is -2.95. The molecule has 2 aliphatic rings. The minimum absolute atomic E-state index is 0.552. The number of nitrogens with zero attached hydrogens (tertiary/aromatic N) is 3. The van der Waals surface area contributed by atoms with Gasteiger partial charge >= 0.3 is 0 Å². The molecule has 2 aromatic heterocycles. The number of nitrogens with one attached hydrogen (secondary N) is 1. The zero-order valence-electron chi connectivity index (χ0n) is 35.8. The maximum Gasteiger partial charge on any atom is 0.150 e. The highest BCUT2D eigenvalue weighted by Crippen LogP contribution is 2.57. The fourth-order valence-electron chi connectivity index (χ4n) is 11.5. The van der Waals surface area contributed by atoms with Crippen molar-refractivity contribution in [2.24, 2.45) is 0 Å². The predicted octanol–water partition coefficient (Wildman–Crippen LogP) is 15.3. The molecule has 0 spiro atoms. The second kappa shape index (κ2) is 13.6. The summed E-state index contributed by atoms with van der Waals surface area (Å²) in [6.07, 6.45) is 0. The van der Waals surface area contributed by atoms with E-state index in [1.54, 1.807) is 0 Å². The SMILES string of the molecule is C[N+]1(c2cc(-c3cc(-n4c5ccccc5c5ccccc54)cc(-n4c5ccccc5c5ccccc54)c3)cc([NH+]3c4ccccc4-c4ccccc43)c2)c2ccccc2-c2ccccc21. The highest BCUT2D eigenvalue weighted by atomic mass is 15.4. The van der Waals surface area contributed by atoms with Crippen molar-refractivity contribution < 1.29 is 4.90 Å². The quantitative estimate of drug-likeness (QED) is 0.166. The van der Waals surface area contributed by atoms with Crippen LogP contribution >= 0.6 is 0 Å². The van der Waals surface area contributed by atoms with Crippen molar-refractivity contribution in [2.75, 3.05) is 7.05 Å². The highest BCUT2D eigenvalue weighted by molar-refractivity contribution is 6.11. The Morgan fingerprint density at radius 3 is 1.17 bits per heavy atom. The summed E-state index contributed by atoms with van der Waals surface area (Å²) in [5.74, 6) is 0. The third kappa shape index (κ3) is 5.09. The summed E-state index contributed by atoms with van der Waals surface area (Å²) in [5.41, 5.74) is 21.9. The van der Waals surface area contributed by atoms with E-state index in [2.05, 4.69) is 247 Å². The van der Waals surface area contributed by atoms with E-state index >= 15 is 0 Å². The van der Waals surface area contributed by atoms with Gasteiger partial charge < -0.3 is 9.13 Å². The lowest BCUT2D eigenvalue weighted by Gasteiger charge is -2.31. The molecule has 0 aliphatic carbocycles. The van der Waals surface area contributed by atoms with E-state index in [0.717, 1.165) is 22.5 Å². The van der Waals surface area contributed by atoms with Crippen molar-refractivity contribution in [3.63, 3.8) is 0 Å². The van der Waals surface area contributed by atoms with E-state index in [1.165, 1.54) is 105 Å². The number of rotatable bonds is 5. The molecule has 2 aliphatic heterocycles. The van der Waals surface area contributed by atoms with Crippen LogP contribution in [-0.2, 0) is 0 Å². The third-order valence-corrected chi connectivity index (χ3v) is 14.4. The van der Waals surface area contributed by atoms with E-state index in [1.807, 2.05) is 0 Å². The maximum atomic E-state index is 2.47. The summed E-state index contributed by atoms with van der Waals surface area (Å²) in [5, 5.41) is 4.98.